The molecule has 1 aliphatic rings. The van der Waals surface area contributed by atoms with Crippen molar-refractivity contribution in [1.82, 2.24) is 14.5 Å². The van der Waals surface area contributed by atoms with Gasteiger partial charge in [0.1, 0.15) is 0 Å². The maximum Gasteiger partial charge on any atom is 0.257 e. The summed E-state index contributed by atoms with van der Waals surface area (Å²) in [5.74, 6) is -0.472. The summed E-state index contributed by atoms with van der Waals surface area (Å²) in [6.07, 6.45) is 5.68. The highest BCUT2D eigenvalue weighted by Crippen LogP contribution is 2.26. The molecule has 0 bridgehead atoms. The number of carbonyl (C=O) groups excluding carboxylic acids is 3. The van der Waals surface area contributed by atoms with Crippen LogP contribution in [0.4, 0.5) is 5.95 Å². The van der Waals surface area contributed by atoms with Crippen LogP contribution in [0.15, 0.2) is 42.5 Å². The summed E-state index contributed by atoms with van der Waals surface area (Å²) in [6, 6.07) is 12.8. The van der Waals surface area contributed by atoms with Gasteiger partial charge in [0, 0.05) is 37.2 Å². The Kier molecular flexibility index (Phi) is 6.95. The van der Waals surface area contributed by atoms with Gasteiger partial charge in [-0.3, -0.25) is 19.7 Å². The molecule has 0 aliphatic heterocycles. The van der Waals surface area contributed by atoms with Gasteiger partial charge in [0.15, 0.2) is 0 Å². The summed E-state index contributed by atoms with van der Waals surface area (Å²) in [5.41, 5.74) is 8.77. The molecule has 34 heavy (non-hydrogen) atoms. The van der Waals surface area contributed by atoms with Crippen LogP contribution in [0.1, 0.15) is 64.8 Å². The second-order valence-corrected chi connectivity index (χ2v) is 9.03. The molecule has 3 N–H and O–H groups in total. The SMILES string of the molecule is Cc1ccc(C(=O)Nc2nc3cc(C(=O)N(C)C4CCCCC4)ccc3n2CCC(N)=O)cc1. The van der Waals surface area contributed by atoms with Crippen molar-refractivity contribution in [3.8, 4) is 0 Å². The van der Waals surface area contributed by atoms with Gasteiger partial charge in [0.05, 0.1) is 11.0 Å². The third-order valence-electron chi connectivity index (χ3n) is 6.56. The largest absolute Gasteiger partial charge is 0.370 e. The number of imidazole rings is 1. The van der Waals surface area contributed by atoms with E-state index in [4.69, 9.17) is 5.73 Å². The van der Waals surface area contributed by atoms with E-state index in [1.807, 2.05) is 37.1 Å². The average Bonchev–Trinajstić information content (AvgIpc) is 3.18. The zero-order chi connectivity index (χ0) is 24.2. The molecular weight excluding hydrogens is 430 g/mol. The molecule has 1 aliphatic carbocycles. The summed E-state index contributed by atoms with van der Waals surface area (Å²) in [5, 5.41) is 2.85. The number of rotatable bonds is 7. The van der Waals surface area contributed by atoms with E-state index >= 15 is 0 Å². The van der Waals surface area contributed by atoms with Crippen molar-refractivity contribution >= 4 is 34.7 Å². The predicted molar refractivity (Wildman–Crippen MR) is 132 cm³/mol. The molecule has 0 radical (unpaired) electrons. The molecule has 0 unspecified atom stereocenters. The van der Waals surface area contributed by atoms with Crippen molar-refractivity contribution in [1.29, 1.82) is 0 Å². The van der Waals surface area contributed by atoms with E-state index in [1.54, 1.807) is 28.8 Å². The Morgan fingerprint density at radius 1 is 1.06 bits per heavy atom. The van der Waals surface area contributed by atoms with Crippen molar-refractivity contribution in [3.05, 3.63) is 59.2 Å². The van der Waals surface area contributed by atoms with Gasteiger partial charge in [-0.1, -0.05) is 37.0 Å². The van der Waals surface area contributed by atoms with Crippen molar-refractivity contribution in [2.75, 3.05) is 12.4 Å². The van der Waals surface area contributed by atoms with Gasteiger partial charge in [0.2, 0.25) is 11.9 Å². The highest BCUT2D eigenvalue weighted by Gasteiger charge is 2.24. The number of anilines is 1. The number of aromatic nitrogens is 2. The van der Waals surface area contributed by atoms with Crippen molar-refractivity contribution in [3.63, 3.8) is 0 Å². The van der Waals surface area contributed by atoms with Gasteiger partial charge in [-0.15, -0.1) is 0 Å². The number of benzene rings is 2. The van der Waals surface area contributed by atoms with Crippen LogP contribution in [-0.4, -0.2) is 45.3 Å². The minimum atomic E-state index is -0.446. The van der Waals surface area contributed by atoms with E-state index in [0.29, 0.717) is 22.6 Å². The lowest BCUT2D eigenvalue weighted by atomic mass is 9.94. The lowest BCUT2D eigenvalue weighted by Crippen LogP contribution is -2.38. The molecular formula is C26H31N5O3. The zero-order valence-electron chi connectivity index (χ0n) is 19.7. The molecule has 1 heterocycles. The van der Waals surface area contributed by atoms with Crippen molar-refractivity contribution in [2.45, 2.75) is 58.0 Å². The number of hydrogen-bond donors (Lipinski definition) is 2. The summed E-state index contributed by atoms with van der Waals surface area (Å²) >= 11 is 0. The van der Waals surface area contributed by atoms with E-state index < -0.39 is 5.91 Å². The predicted octanol–water partition coefficient (Wildman–Crippen LogP) is 3.88. The maximum atomic E-state index is 13.1. The number of hydrogen-bond acceptors (Lipinski definition) is 4. The Morgan fingerprint density at radius 2 is 1.74 bits per heavy atom. The Morgan fingerprint density at radius 3 is 2.41 bits per heavy atom. The van der Waals surface area contributed by atoms with Crippen molar-refractivity contribution in [2.24, 2.45) is 5.73 Å². The summed E-state index contributed by atoms with van der Waals surface area (Å²) < 4.78 is 1.76. The number of nitrogens with two attached hydrogens (primary N) is 1. The molecule has 0 atom stereocenters. The van der Waals surface area contributed by atoms with Gasteiger partial charge in [0.25, 0.3) is 11.8 Å². The van der Waals surface area contributed by atoms with E-state index in [2.05, 4.69) is 10.3 Å². The van der Waals surface area contributed by atoms with E-state index in [-0.39, 0.29) is 30.8 Å². The third-order valence-corrected chi connectivity index (χ3v) is 6.56. The fourth-order valence-electron chi connectivity index (χ4n) is 4.52. The average molecular weight is 462 g/mol. The summed E-state index contributed by atoms with van der Waals surface area (Å²) in [6.45, 7) is 2.22. The summed E-state index contributed by atoms with van der Waals surface area (Å²) in [7, 11) is 1.86. The highest BCUT2D eigenvalue weighted by atomic mass is 16.2. The minimum absolute atomic E-state index is 0.0364. The van der Waals surface area contributed by atoms with Crippen LogP contribution < -0.4 is 11.1 Å². The second-order valence-electron chi connectivity index (χ2n) is 9.03. The topological polar surface area (TPSA) is 110 Å². The number of aryl methyl sites for hydroxylation is 2. The first-order valence-corrected chi connectivity index (χ1v) is 11.8. The molecule has 8 nitrogen and oxygen atoms in total. The molecule has 1 fully saturated rings. The first-order valence-electron chi connectivity index (χ1n) is 11.8. The lowest BCUT2D eigenvalue weighted by Gasteiger charge is -2.31. The van der Waals surface area contributed by atoms with Gasteiger partial charge in [-0.25, -0.2) is 4.98 Å². The Balaban J connectivity index is 1.63. The van der Waals surface area contributed by atoms with Crippen LogP contribution in [0.5, 0.6) is 0 Å². The maximum absolute atomic E-state index is 13.1. The van der Waals surface area contributed by atoms with Crippen LogP contribution in [0.3, 0.4) is 0 Å². The molecule has 3 amide bonds. The Labute approximate surface area is 199 Å². The lowest BCUT2D eigenvalue weighted by molar-refractivity contribution is -0.118. The fourth-order valence-corrected chi connectivity index (χ4v) is 4.52. The molecule has 0 spiro atoms. The Bertz CT molecular complexity index is 1210. The number of primary amides is 1. The molecule has 178 valence electrons. The molecule has 4 rings (SSSR count). The molecule has 1 saturated carbocycles. The van der Waals surface area contributed by atoms with E-state index in [1.165, 1.54) is 6.42 Å². The summed E-state index contributed by atoms with van der Waals surface area (Å²) in [4.78, 5) is 43.8. The molecule has 1 aromatic heterocycles. The van der Waals surface area contributed by atoms with Gasteiger partial charge >= 0.3 is 0 Å². The minimum Gasteiger partial charge on any atom is -0.370 e. The number of nitrogens with zero attached hydrogens (tertiary/aromatic N) is 3. The third kappa shape index (κ3) is 5.11. The van der Waals surface area contributed by atoms with E-state index in [9.17, 15) is 14.4 Å². The number of carbonyl (C=O) groups is 3. The van der Waals surface area contributed by atoms with Gasteiger partial charge in [-0.05, 0) is 50.1 Å². The van der Waals surface area contributed by atoms with Crippen LogP contribution in [0, 0.1) is 6.92 Å². The highest BCUT2D eigenvalue weighted by molar-refractivity contribution is 6.04. The van der Waals surface area contributed by atoms with Gasteiger partial charge in [-0.2, -0.15) is 0 Å². The zero-order valence-corrected chi connectivity index (χ0v) is 19.7. The number of fused-ring (bicyclic) bond motifs is 1. The first kappa shape index (κ1) is 23.5. The fraction of sp³-hybridized carbons (Fsp3) is 0.385. The molecule has 0 saturated heterocycles. The molecule has 2 aromatic carbocycles. The monoisotopic (exact) mass is 461 g/mol. The van der Waals surface area contributed by atoms with Crippen LogP contribution in [0.25, 0.3) is 11.0 Å². The van der Waals surface area contributed by atoms with Crippen LogP contribution in [0.2, 0.25) is 0 Å². The van der Waals surface area contributed by atoms with Crippen LogP contribution >= 0.6 is 0 Å². The Hall–Kier alpha value is -3.68. The first-order chi connectivity index (χ1) is 16.3. The van der Waals surface area contributed by atoms with Gasteiger partial charge < -0.3 is 15.2 Å². The number of amides is 3. The quantitative estimate of drug-likeness (QED) is 0.556. The molecule has 3 aromatic rings. The smallest absolute Gasteiger partial charge is 0.257 e. The number of nitrogens with one attached hydrogen (secondary N) is 1. The van der Waals surface area contributed by atoms with E-state index in [0.717, 1.165) is 36.8 Å². The van der Waals surface area contributed by atoms with Crippen LogP contribution in [-0.2, 0) is 11.3 Å². The molecule has 8 heteroatoms. The standard InChI is InChI=1S/C26H31N5O3/c1-17-8-10-18(11-9-17)24(33)29-26-28-21-16-19(12-13-22(21)31(26)15-14-23(27)32)25(34)30(2)20-6-4-3-5-7-20/h8-13,16,20H,3-7,14-15H2,1-2H3,(H2,27,32)(H,28,29,33). The van der Waals surface area contributed by atoms with Crippen molar-refractivity contribution < 1.29 is 14.4 Å². The second kappa shape index (κ2) is 10.1. The normalized spacial score (nSPS) is 14.2.